The minimum Gasteiger partial charge on any atom is -0.395 e. The molecule has 0 aliphatic heterocycles. The van der Waals surface area contributed by atoms with Gasteiger partial charge >= 0.3 is 0 Å². The van der Waals surface area contributed by atoms with E-state index in [-0.39, 0.29) is 12.4 Å². The standard InChI is InChI=1S/C20H27NO2/c1-15-7-6-10-18-20(15)17(14-21(18)11-12-22)19(23)13-16-8-4-2-3-5-9-16/h6-7,10,14,16,22H,2-5,8-9,11-13H2,1H3. The molecule has 1 saturated carbocycles. The van der Waals surface area contributed by atoms with Crippen molar-refractivity contribution in [3.63, 3.8) is 0 Å². The van der Waals surface area contributed by atoms with Crippen molar-refractivity contribution in [2.75, 3.05) is 6.61 Å². The van der Waals surface area contributed by atoms with E-state index in [9.17, 15) is 9.90 Å². The lowest BCUT2D eigenvalue weighted by Gasteiger charge is -2.12. The van der Waals surface area contributed by atoms with Crippen LogP contribution in [0.3, 0.4) is 0 Å². The van der Waals surface area contributed by atoms with Gasteiger partial charge in [0.1, 0.15) is 0 Å². The maximum atomic E-state index is 12.9. The van der Waals surface area contributed by atoms with E-state index >= 15 is 0 Å². The Morgan fingerprint density at radius 3 is 2.65 bits per heavy atom. The van der Waals surface area contributed by atoms with Crippen LogP contribution >= 0.6 is 0 Å². The van der Waals surface area contributed by atoms with Gasteiger partial charge in [-0.2, -0.15) is 0 Å². The Kier molecular flexibility index (Phi) is 5.16. The first-order valence-corrected chi connectivity index (χ1v) is 8.93. The molecule has 3 rings (SSSR count). The second-order valence-electron chi connectivity index (χ2n) is 6.91. The number of fused-ring (bicyclic) bond motifs is 1. The molecular weight excluding hydrogens is 286 g/mol. The van der Waals surface area contributed by atoms with Gasteiger partial charge in [-0.25, -0.2) is 0 Å². The summed E-state index contributed by atoms with van der Waals surface area (Å²) in [5.41, 5.74) is 3.04. The molecule has 0 bridgehead atoms. The monoisotopic (exact) mass is 313 g/mol. The molecule has 3 heteroatoms. The molecule has 23 heavy (non-hydrogen) atoms. The third-order valence-corrected chi connectivity index (χ3v) is 5.20. The van der Waals surface area contributed by atoms with E-state index in [2.05, 4.69) is 13.0 Å². The zero-order chi connectivity index (χ0) is 16.2. The summed E-state index contributed by atoms with van der Waals surface area (Å²) in [5.74, 6) is 0.818. The largest absolute Gasteiger partial charge is 0.395 e. The van der Waals surface area contributed by atoms with E-state index in [1.807, 2.05) is 22.9 Å². The molecule has 1 aromatic carbocycles. The smallest absolute Gasteiger partial charge is 0.165 e. The van der Waals surface area contributed by atoms with Gasteiger partial charge in [0.25, 0.3) is 0 Å². The van der Waals surface area contributed by atoms with Crippen molar-refractivity contribution >= 4 is 16.7 Å². The minimum absolute atomic E-state index is 0.0912. The van der Waals surface area contributed by atoms with E-state index in [1.54, 1.807) is 0 Å². The van der Waals surface area contributed by atoms with Gasteiger partial charge in [-0.05, 0) is 24.5 Å². The number of hydrogen-bond acceptors (Lipinski definition) is 2. The van der Waals surface area contributed by atoms with Crippen LogP contribution in [0.1, 0.15) is 60.9 Å². The Hall–Kier alpha value is -1.61. The minimum atomic E-state index is 0.0912. The lowest BCUT2D eigenvalue weighted by molar-refractivity contribution is 0.0958. The maximum Gasteiger partial charge on any atom is 0.165 e. The van der Waals surface area contributed by atoms with Crippen molar-refractivity contribution < 1.29 is 9.90 Å². The van der Waals surface area contributed by atoms with Crippen LogP contribution in [0, 0.1) is 12.8 Å². The molecule has 1 aromatic heterocycles. The number of ketones is 1. The first kappa shape index (κ1) is 16.3. The summed E-state index contributed by atoms with van der Waals surface area (Å²) in [6, 6.07) is 6.12. The molecule has 2 aromatic rings. The number of aliphatic hydroxyl groups excluding tert-OH is 1. The third kappa shape index (κ3) is 3.50. The Balaban J connectivity index is 1.90. The van der Waals surface area contributed by atoms with Gasteiger partial charge in [-0.3, -0.25) is 4.79 Å². The number of Topliss-reactive ketones (excluding diaryl/α,β-unsaturated/α-hetero) is 1. The first-order chi connectivity index (χ1) is 11.2. The normalized spacial score (nSPS) is 16.6. The van der Waals surface area contributed by atoms with Crippen LogP contribution in [0.15, 0.2) is 24.4 Å². The van der Waals surface area contributed by atoms with E-state index in [1.165, 1.54) is 38.5 Å². The molecule has 1 fully saturated rings. The maximum absolute atomic E-state index is 12.9. The van der Waals surface area contributed by atoms with Crippen LogP contribution in [0.25, 0.3) is 10.9 Å². The number of hydrogen-bond donors (Lipinski definition) is 1. The Bertz CT molecular complexity index is 678. The molecule has 1 aliphatic rings. The summed E-state index contributed by atoms with van der Waals surface area (Å²) in [6.45, 7) is 2.69. The molecule has 1 aliphatic carbocycles. The molecule has 3 nitrogen and oxygen atoms in total. The van der Waals surface area contributed by atoms with Crippen molar-refractivity contribution in [1.82, 2.24) is 4.57 Å². The number of carbonyl (C=O) groups is 1. The van der Waals surface area contributed by atoms with E-state index < -0.39 is 0 Å². The van der Waals surface area contributed by atoms with Gasteiger partial charge in [0.15, 0.2) is 5.78 Å². The summed E-state index contributed by atoms with van der Waals surface area (Å²) in [5, 5.41) is 10.4. The molecular formula is C20H27NO2. The number of carbonyl (C=O) groups excluding carboxylic acids is 1. The van der Waals surface area contributed by atoms with Crippen molar-refractivity contribution in [2.24, 2.45) is 5.92 Å². The van der Waals surface area contributed by atoms with Gasteiger partial charge in [0.05, 0.1) is 6.61 Å². The van der Waals surface area contributed by atoms with Crippen LogP contribution in [0.5, 0.6) is 0 Å². The van der Waals surface area contributed by atoms with Crippen molar-refractivity contribution in [3.8, 4) is 0 Å². The highest BCUT2D eigenvalue weighted by Gasteiger charge is 2.21. The van der Waals surface area contributed by atoms with Gasteiger partial charge in [0, 0.05) is 35.6 Å². The lowest BCUT2D eigenvalue weighted by atomic mass is 9.91. The van der Waals surface area contributed by atoms with Crippen LogP contribution in [-0.4, -0.2) is 22.1 Å². The summed E-state index contributed by atoms with van der Waals surface area (Å²) in [4.78, 5) is 12.9. The van der Waals surface area contributed by atoms with Gasteiger partial charge in [-0.1, -0.05) is 50.7 Å². The van der Waals surface area contributed by atoms with E-state index in [0.717, 1.165) is 22.0 Å². The van der Waals surface area contributed by atoms with Crippen molar-refractivity contribution in [3.05, 3.63) is 35.5 Å². The van der Waals surface area contributed by atoms with Crippen molar-refractivity contribution in [1.29, 1.82) is 0 Å². The average molecular weight is 313 g/mol. The predicted octanol–water partition coefficient (Wildman–Crippen LogP) is 4.49. The highest BCUT2D eigenvalue weighted by molar-refractivity contribution is 6.09. The number of rotatable bonds is 5. The second-order valence-corrected chi connectivity index (χ2v) is 6.91. The zero-order valence-corrected chi connectivity index (χ0v) is 14.1. The molecule has 0 amide bonds. The van der Waals surface area contributed by atoms with Gasteiger partial charge in [-0.15, -0.1) is 0 Å². The average Bonchev–Trinajstić information content (AvgIpc) is 2.73. The Morgan fingerprint density at radius 1 is 1.22 bits per heavy atom. The Labute approximate surface area is 138 Å². The molecule has 1 heterocycles. The number of benzene rings is 1. The summed E-state index contributed by atoms with van der Waals surface area (Å²) < 4.78 is 2.02. The van der Waals surface area contributed by atoms with E-state index in [0.29, 0.717) is 18.9 Å². The molecule has 124 valence electrons. The fourth-order valence-electron chi connectivity index (χ4n) is 3.98. The van der Waals surface area contributed by atoms with E-state index in [4.69, 9.17) is 0 Å². The summed E-state index contributed by atoms with van der Waals surface area (Å²) in [7, 11) is 0. The van der Waals surface area contributed by atoms with Gasteiger partial charge in [0.2, 0.25) is 0 Å². The molecule has 0 radical (unpaired) electrons. The SMILES string of the molecule is Cc1cccc2c1c(C(=O)CC1CCCCCC1)cn2CCO. The molecule has 0 unspecified atom stereocenters. The topological polar surface area (TPSA) is 42.2 Å². The predicted molar refractivity (Wildman–Crippen MR) is 93.9 cm³/mol. The summed E-state index contributed by atoms with van der Waals surface area (Å²) >= 11 is 0. The van der Waals surface area contributed by atoms with Crippen LogP contribution in [0.4, 0.5) is 0 Å². The van der Waals surface area contributed by atoms with Crippen LogP contribution in [-0.2, 0) is 6.54 Å². The van der Waals surface area contributed by atoms with Crippen LogP contribution in [0.2, 0.25) is 0 Å². The quantitative estimate of drug-likeness (QED) is 0.653. The Morgan fingerprint density at radius 2 is 1.96 bits per heavy atom. The fraction of sp³-hybridized carbons (Fsp3) is 0.550. The zero-order valence-electron chi connectivity index (χ0n) is 14.1. The first-order valence-electron chi connectivity index (χ1n) is 8.93. The van der Waals surface area contributed by atoms with Gasteiger partial charge < -0.3 is 9.67 Å². The fourth-order valence-corrected chi connectivity index (χ4v) is 3.98. The highest BCUT2D eigenvalue weighted by Crippen LogP contribution is 2.30. The molecule has 0 spiro atoms. The second kappa shape index (κ2) is 7.31. The third-order valence-electron chi connectivity index (χ3n) is 5.20. The van der Waals surface area contributed by atoms with Crippen molar-refractivity contribution in [2.45, 2.75) is 58.4 Å². The van der Waals surface area contributed by atoms with Crippen LogP contribution < -0.4 is 0 Å². The molecule has 1 N–H and O–H groups in total. The molecule has 0 atom stereocenters. The molecule has 0 saturated heterocycles. The number of nitrogens with zero attached hydrogens (tertiary/aromatic N) is 1. The summed E-state index contributed by atoms with van der Waals surface area (Å²) in [6.07, 6.45) is 10.2. The number of aliphatic hydroxyl groups is 1. The number of aryl methyl sites for hydroxylation is 1. The highest BCUT2D eigenvalue weighted by atomic mass is 16.3. The lowest BCUT2D eigenvalue weighted by Crippen LogP contribution is -2.08. The number of aromatic nitrogens is 1.